The average molecular weight is 224 g/mol. The van der Waals surface area contributed by atoms with Gasteiger partial charge in [-0.2, -0.15) is 0 Å². The maximum absolute atomic E-state index is 12.1. The van der Waals surface area contributed by atoms with Gasteiger partial charge < -0.3 is 0 Å². The lowest BCUT2D eigenvalue weighted by atomic mass is 9.81. The first-order valence-corrected chi connectivity index (χ1v) is 6.31. The highest BCUT2D eigenvalue weighted by Crippen LogP contribution is 2.37. The van der Waals surface area contributed by atoms with Crippen LogP contribution in [0.15, 0.2) is 0 Å². The Balaban J connectivity index is 2.60. The molecule has 1 rings (SSSR count). The van der Waals surface area contributed by atoms with Crippen molar-refractivity contribution in [2.75, 3.05) is 0 Å². The van der Waals surface area contributed by atoms with E-state index in [9.17, 15) is 9.59 Å². The van der Waals surface area contributed by atoms with Crippen molar-refractivity contribution in [3.63, 3.8) is 0 Å². The van der Waals surface area contributed by atoms with E-state index in [0.717, 1.165) is 19.3 Å². The second kappa shape index (κ2) is 4.68. The number of ketones is 2. The largest absolute Gasteiger partial charge is 0.299 e. The molecule has 16 heavy (non-hydrogen) atoms. The van der Waals surface area contributed by atoms with Gasteiger partial charge in [-0.1, -0.05) is 34.6 Å². The van der Waals surface area contributed by atoms with Gasteiger partial charge in [0.15, 0.2) is 0 Å². The van der Waals surface area contributed by atoms with Crippen LogP contribution in [-0.2, 0) is 9.59 Å². The second-order valence-electron chi connectivity index (χ2n) is 6.38. The van der Waals surface area contributed by atoms with Crippen LogP contribution in [0, 0.1) is 23.2 Å². The summed E-state index contributed by atoms with van der Waals surface area (Å²) >= 11 is 0. The van der Waals surface area contributed by atoms with E-state index in [2.05, 4.69) is 0 Å². The Labute approximate surface area is 98.8 Å². The lowest BCUT2D eigenvalue weighted by Gasteiger charge is -2.21. The van der Waals surface area contributed by atoms with Crippen molar-refractivity contribution >= 4 is 11.6 Å². The average Bonchev–Trinajstić information content (AvgIpc) is 2.62. The fourth-order valence-corrected chi connectivity index (χ4v) is 2.56. The van der Waals surface area contributed by atoms with Crippen molar-refractivity contribution in [1.29, 1.82) is 0 Å². The van der Waals surface area contributed by atoms with Crippen molar-refractivity contribution in [1.82, 2.24) is 0 Å². The number of carbonyl (C=O) groups is 2. The molecule has 2 nitrogen and oxygen atoms in total. The Morgan fingerprint density at radius 1 is 1.06 bits per heavy atom. The normalized spacial score (nSPS) is 26.1. The Hall–Kier alpha value is -0.660. The van der Waals surface area contributed by atoms with Gasteiger partial charge in [-0.25, -0.2) is 0 Å². The predicted octanol–water partition coefficient (Wildman–Crippen LogP) is 3.24. The first-order valence-electron chi connectivity index (χ1n) is 6.31. The van der Waals surface area contributed by atoms with E-state index in [1.807, 2.05) is 34.6 Å². The Morgan fingerprint density at radius 2 is 1.56 bits per heavy atom. The van der Waals surface area contributed by atoms with Crippen LogP contribution in [0.25, 0.3) is 0 Å². The topological polar surface area (TPSA) is 34.1 Å². The number of hydrogen-bond acceptors (Lipinski definition) is 2. The number of carbonyl (C=O) groups excluding carboxylic acids is 2. The molecule has 0 spiro atoms. The minimum Gasteiger partial charge on any atom is -0.299 e. The van der Waals surface area contributed by atoms with Crippen LogP contribution in [0.4, 0.5) is 0 Å². The van der Waals surface area contributed by atoms with Crippen LogP contribution in [0.3, 0.4) is 0 Å². The van der Waals surface area contributed by atoms with Crippen molar-refractivity contribution in [3.05, 3.63) is 0 Å². The summed E-state index contributed by atoms with van der Waals surface area (Å²) in [6, 6.07) is 0. The van der Waals surface area contributed by atoms with E-state index in [-0.39, 0.29) is 23.2 Å². The highest BCUT2D eigenvalue weighted by atomic mass is 16.1. The van der Waals surface area contributed by atoms with E-state index in [0.29, 0.717) is 11.6 Å². The number of Topliss-reactive ketones (excluding diaryl/α,β-unsaturated/α-hetero) is 2. The molecule has 0 heterocycles. The summed E-state index contributed by atoms with van der Waals surface area (Å²) in [5.74, 6) is 1.02. The monoisotopic (exact) mass is 224 g/mol. The lowest BCUT2D eigenvalue weighted by molar-refractivity contribution is -0.130. The highest BCUT2D eigenvalue weighted by Gasteiger charge is 2.38. The zero-order valence-corrected chi connectivity index (χ0v) is 11.2. The molecule has 0 amide bonds. The molecule has 92 valence electrons. The Kier molecular flexibility index (Phi) is 3.92. The van der Waals surface area contributed by atoms with Crippen molar-refractivity contribution in [3.8, 4) is 0 Å². The second-order valence-corrected chi connectivity index (χ2v) is 6.38. The summed E-state index contributed by atoms with van der Waals surface area (Å²) in [6.07, 6.45) is 2.59. The summed E-state index contributed by atoms with van der Waals surface area (Å²) in [5.41, 5.74) is -0.263. The fraction of sp³-hybridized carbons (Fsp3) is 0.857. The van der Waals surface area contributed by atoms with E-state index in [1.165, 1.54) is 0 Å². The molecule has 0 aromatic heterocycles. The minimum atomic E-state index is -0.263. The SMILES string of the molecule is CC(C)C(=O)[C@H]1CC[C@@H](C(=O)C(C)(C)C)C1. The minimum absolute atomic E-state index is 0.105. The molecule has 0 aliphatic heterocycles. The first kappa shape index (κ1) is 13.4. The van der Waals surface area contributed by atoms with Gasteiger partial charge in [0, 0.05) is 23.2 Å². The van der Waals surface area contributed by atoms with E-state index < -0.39 is 0 Å². The van der Waals surface area contributed by atoms with Gasteiger partial charge in [0.05, 0.1) is 0 Å². The van der Waals surface area contributed by atoms with Crippen LogP contribution in [-0.4, -0.2) is 11.6 Å². The van der Waals surface area contributed by atoms with Gasteiger partial charge in [-0.15, -0.1) is 0 Å². The standard InChI is InChI=1S/C14H24O2/c1-9(2)12(15)10-6-7-11(8-10)13(16)14(3,4)5/h9-11H,6-8H2,1-5H3/t10-,11+/m0/s1. The van der Waals surface area contributed by atoms with E-state index >= 15 is 0 Å². The summed E-state index contributed by atoms with van der Waals surface area (Å²) in [7, 11) is 0. The van der Waals surface area contributed by atoms with E-state index in [1.54, 1.807) is 0 Å². The molecule has 0 unspecified atom stereocenters. The van der Waals surface area contributed by atoms with Crippen LogP contribution < -0.4 is 0 Å². The van der Waals surface area contributed by atoms with Gasteiger partial charge in [0.25, 0.3) is 0 Å². The van der Waals surface area contributed by atoms with Crippen LogP contribution >= 0.6 is 0 Å². The maximum Gasteiger partial charge on any atom is 0.141 e. The smallest absolute Gasteiger partial charge is 0.141 e. The van der Waals surface area contributed by atoms with Gasteiger partial charge in [-0.3, -0.25) is 9.59 Å². The third-order valence-electron chi connectivity index (χ3n) is 3.51. The third kappa shape index (κ3) is 2.93. The van der Waals surface area contributed by atoms with E-state index in [4.69, 9.17) is 0 Å². The molecule has 0 aromatic rings. The molecule has 1 saturated carbocycles. The Morgan fingerprint density at radius 3 is 2.00 bits per heavy atom. The lowest BCUT2D eigenvalue weighted by Crippen LogP contribution is -2.27. The molecule has 1 aliphatic rings. The third-order valence-corrected chi connectivity index (χ3v) is 3.51. The van der Waals surface area contributed by atoms with Crippen molar-refractivity contribution < 1.29 is 9.59 Å². The molecule has 1 aliphatic carbocycles. The molecule has 0 bridgehead atoms. The molecule has 0 saturated heterocycles. The van der Waals surface area contributed by atoms with Crippen LogP contribution in [0.2, 0.25) is 0 Å². The summed E-state index contributed by atoms with van der Waals surface area (Å²) in [5, 5.41) is 0. The molecule has 0 aromatic carbocycles. The molecular formula is C14H24O2. The summed E-state index contributed by atoms with van der Waals surface area (Å²) in [4.78, 5) is 23.9. The number of rotatable bonds is 3. The van der Waals surface area contributed by atoms with Crippen molar-refractivity contribution in [2.45, 2.75) is 53.9 Å². The molecule has 2 atom stereocenters. The zero-order chi connectivity index (χ0) is 12.5. The summed E-state index contributed by atoms with van der Waals surface area (Å²) < 4.78 is 0. The van der Waals surface area contributed by atoms with Gasteiger partial charge in [0.1, 0.15) is 11.6 Å². The molecule has 1 fully saturated rings. The molecule has 0 N–H and O–H groups in total. The van der Waals surface area contributed by atoms with Crippen LogP contribution in [0.1, 0.15) is 53.9 Å². The number of hydrogen-bond donors (Lipinski definition) is 0. The quantitative estimate of drug-likeness (QED) is 0.737. The molecule has 2 heteroatoms. The fourth-order valence-electron chi connectivity index (χ4n) is 2.56. The first-order chi connectivity index (χ1) is 7.23. The van der Waals surface area contributed by atoms with Gasteiger partial charge in [-0.05, 0) is 19.3 Å². The van der Waals surface area contributed by atoms with Crippen LogP contribution in [0.5, 0.6) is 0 Å². The van der Waals surface area contributed by atoms with Crippen molar-refractivity contribution in [2.24, 2.45) is 23.2 Å². The maximum atomic E-state index is 12.1. The molecular weight excluding hydrogens is 200 g/mol. The van der Waals surface area contributed by atoms with Gasteiger partial charge in [0.2, 0.25) is 0 Å². The van der Waals surface area contributed by atoms with Gasteiger partial charge >= 0.3 is 0 Å². The summed E-state index contributed by atoms with van der Waals surface area (Å²) in [6.45, 7) is 9.79. The zero-order valence-electron chi connectivity index (χ0n) is 11.2. The highest BCUT2D eigenvalue weighted by molar-refractivity contribution is 5.88. The molecule has 0 radical (unpaired) electrons. The predicted molar refractivity (Wildman–Crippen MR) is 65.1 cm³/mol. The Bertz CT molecular complexity index is 284.